The topological polar surface area (TPSA) is 78.9 Å². The Balaban J connectivity index is 2.51. The summed E-state index contributed by atoms with van der Waals surface area (Å²) in [6.45, 7) is 7.69. The van der Waals surface area contributed by atoms with Crippen molar-refractivity contribution >= 4 is 17.9 Å². The number of benzene rings is 1. The molecule has 0 spiro atoms. The summed E-state index contributed by atoms with van der Waals surface area (Å²) in [5.74, 6) is -0.547. The van der Waals surface area contributed by atoms with Crippen LogP contribution in [-0.2, 0) is 14.3 Å². The zero-order valence-electron chi connectivity index (χ0n) is 12.0. The van der Waals surface area contributed by atoms with Crippen LogP contribution < -0.4 is 4.74 Å². The van der Waals surface area contributed by atoms with E-state index in [4.69, 9.17) is 14.2 Å². The molecule has 1 atom stereocenters. The maximum atomic E-state index is 11.5. The Labute approximate surface area is 122 Å². The maximum Gasteiger partial charge on any atom is 0.516 e. The number of ketones is 1. The SMILES string of the molecule is C=C(C)C(=O)OC(C)OC(=O)Oc1ccc(C(C)=O)cc1. The van der Waals surface area contributed by atoms with Gasteiger partial charge in [-0.2, -0.15) is 0 Å². The zero-order valence-corrected chi connectivity index (χ0v) is 12.0. The van der Waals surface area contributed by atoms with Gasteiger partial charge in [-0.25, -0.2) is 9.59 Å². The van der Waals surface area contributed by atoms with Crippen molar-refractivity contribution in [2.24, 2.45) is 0 Å². The number of hydrogen-bond acceptors (Lipinski definition) is 6. The van der Waals surface area contributed by atoms with Crippen LogP contribution in [0.2, 0.25) is 0 Å². The van der Waals surface area contributed by atoms with Crippen LogP contribution in [-0.4, -0.2) is 24.2 Å². The van der Waals surface area contributed by atoms with Crippen molar-refractivity contribution in [1.29, 1.82) is 0 Å². The van der Waals surface area contributed by atoms with Crippen LogP contribution in [0.3, 0.4) is 0 Å². The van der Waals surface area contributed by atoms with E-state index in [2.05, 4.69) is 6.58 Å². The van der Waals surface area contributed by atoms with Gasteiger partial charge >= 0.3 is 12.1 Å². The molecule has 6 heteroatoms. The average molecular weight is 292 g/mol. The second kappa shape index (κ2) is 7.23. The van der Waals surface area contributed by atoms with Gasteiger partial charge < -0.3 is 14.2 Å². The minimum absolute atomic E-state index is 0.0931. The Bertz CT molecular complexity index is 558. The summed E-state index contributed by atoms with van der Waals surface area (Å²) in [5, 5.41) is 0. The largest absolute Gasteiger partial charge is 0.516 e. The summed E-state index contributed by atoms with van der Waals surface area (Å²) in [4.78, 5) is 33.8. The molecule has 1 unspecified atom stereocenters. The highest BCUT2D eigenvalue weighted by Crippen LogP contribution is 2.14. The van der Waals surface area contributed by atoms with E-state index >= 15 is 0 Å². The highest BCUT2D eigenvalue weighted by atomic mass is 16.8. The third-order valence-electron chi connectivity index (χ3n) is 2.35. The molecule has 0 aliphatic carbocycles. The maximum absolute atomic E-state index is 11.5. The van der Waals surface area contributed by atoms with Crippen molar-refractivity contribution < 1.29 is 28.6 Å². The lowest BCUT2D eigenvalue weighted by Crippen LogP contribution is -2.23. The first kappa shape index (κ1) is 16.4. The van der Waals surface area contributed by atoms with Gasteiger partial charge in [-0.15, -0.1) is 0 Å². The van der Waals surface area contributed by atoms with E-state index in [-0.39, 0.29) is 17.1 Å². The quantitative estimate of drug-likeness (QED) is 0.273. The molecule has 0 saturated carbocycles. The van der Waals surface area contributed by atoms with Crippen LogP contribution in [0.15, 0.2) is 36.4 Å². The standard InChI is InChI=1S/C15H16O6/c1-9(2)14(17)19-11(4)20-15(18)21-13-7-5-12(6-8-13)10(3)16/h5-8,11H,1H2,2-4H3. The van der Waals surface area contributed by atoms with Gasteiger partial charge in [-0.05, 0) is 38.1 Å². The molecule has 1 aromatic carbocycles. The van der Waals surface area contributed by atoms with Crippen molar-refractivity contribution in [3.8, 4) is 5.75 Å². The molecule has 0 amide bonds. The highest BCUT2D eigenvalue weighted by Gasteiger charge is 2.16. The van der Waals surface area contributed by atoms with Crippen molar-refractivity contribution in [1.82, 2.24) is 0 Å². The average Bonchev–Trinajstić information content (AvgIpc) is 2.38. The lowest BCUT2D eigenvalue weighted by atomic mass is 10.1. The third-order valence-corrected chi connectivity index (χ3v) is 2.35. The van der Waals surface area contributed by atoms with E-state index < -0.39 is 18.4 Å². The lowest BCUT2D eigenvalue weighted by Gasteiger charge is -2.13. The normalized spacial score (nSPS) is 11.2. The van der Waals surface area contributed by atoms with Gasteiger partial charge in [0, 0.05) is 18.1 Å². The van der Waals surface area contributed by atoms with Crippen LogP contribution >= 0.6 is 0 Å². The Hall–Kier alpha value is -2.63. The van der Waals surface area contributed by atoms with Gasteiger partial charge in [-0.3, -0.25) is 4.79 Å². The van der Waals surface area contributed by atoms with Gasteiger partial charge in [-0.1, -0.05) is 6.58 Å². The molecule has 0 aliphatic heterocycles. The number of hydrogen-bond donors (Lipinski definition) is 0. The summed E-state index contributed by atoms with van der Waals surface area (Å²) in [6.07, 6.45) is -2.12. The number of carbonyl (C=O) groups is 3. The molecular weight excluding hydrogens is 276 g/mol. The van der Waals surface area contributed by atoms with E-state index in [0.717, 1.165) is 0 Å². The van der Waals surface area contributed by atoms with Crippen LogP contribution in [0.4, 0.5) is 4.79 Å². The van der Waals surface area contributed by atoms with Gasteiger partial charge in [0.2, 0.25) is 6.29 Å². The second-order valence-corrected chi connectivity index (χ2v) is 4.30. The fourth-order valence-corrected chi connectivity index (χ4v) is 1.29. The fraction of sp³-hybridized carbons (Fsp3) is 0.267. The smallest absolute Gasteiger partial charge is 0.422 e. The van der Waals surface area contributed by atoms with E-state index in [9.17, 15) is 14.4 Å². The summed E-state index contributed by atoms with van der Waals surface area (Å²) < 4.78 is 14.4. The van der Waals surface area contributed by atoms with Gasteiger partial charge in [0.1, 0.15) is 5.75 Å². The molecule has 112 valence electrons. The van der Waals surface area contributed by atoms with Crippen molar-refractivity contribution in [2.75, 3.05) is 0 Å². The molecule has 1 aromatic rings. The van der Waals surface area contributed by atoms with Crippen LogP contribution in [0.1, 0.15) is 31.1 Å². The highest BCUT2D eigenvalue weighted by molar-refractivity contribution is 5.94. The van der Waals surface area contributed by atoms with E-state index in [1.54, 1.807) is 0 Å². The molecule has 6 nitrogen and oxygen atoms in total. The van der Waals surface area contributed by atoms with E-state index in [1.165, 1.54) is 45.0 Å². The predicted molar refractivity (Wildman–Crippen MR) is 73.9 cm³/mol. The predicted octanol–water partition coefficient (Wildman–Crippen LogP) is 2.87. The summed E-state index contributed by atoms with van der Waals surface area (Å²) in [6, 6.07) is 5.97. The van der Waals surface area contributed by atoms with Crippen LogP contribution in [0.5, 0.6) is 5.75 Å². The van der Waals surface area contributed by atoms with E-state index in [0.29, 0.717) is 5.56 Å². The van der Waals surface area contributed by atoms with Gasteiger partial charge in [0.15, 0.2) is 5.78 Å². The molecule has 0 bridgehead atoms. The number of ether oxygens (including phenoxy) is 3. The first-order chi connectivity index (χ1) is 9.79. The minimum atomic E-state index is -1.10. The molecule has 0 aliphatic rings. The molecule has 0 fully saturated rings. The Morgan fingerprint density at radius 1 is 1.05 bits per heavy atom. The van der Waals surface area contributed by atoms with Gasteiger partial charge in [0.25, 0.3) is 0 Å². The molecular formula is C15H16O6. The van der Waals surface area contributed by atoms with Crippen LogP contribution in [0, 0.1) is 0 Å². The monoisotopic (exact) mass is 292 g/mol. The van der Waals surface area contributed by atoms with E-state index in [1.807, 2.05) is 0 Å². The van der Waals surface area contributed by atoms with Crippen molar-refractivity contribution in [3.63, 3.8) is 0 Å². The number of Topliss-reactive ketones (excluding diaryl/α,β-unsaturated/α-hetero) is 1. The number of carbonyl (C=O) groups excluding carboxylic acids is 3. The molecule has 0 heterocycles. The first-order valence-electron chi connectivity index (χ1n) is 6.15. The lowest BCUT2D eigenvalue weighted by molar-refractivity contribution is -0.161. The minimum Gasteiger partial charge on any atom is -0.422 e. The molecule has 0 saturated heterocycles. The molecule has 21 heavy (non-hydrogen) atoms. The molecule has 0 aromatic heterocycles. The molecule has 0 N–H and O–H groups in total. The zero-order chi connectivity index (χ0) is 16.0. The fourth-order valence-electron chi connectivity index (χ4n) is 1.29. The number of rotatable bonds is 5. The molecule has 0 radical (unpaired) electrons. The summed E-state index contributed by atoms with van der Waals surface area (Å²) in [5.41, 5.74) is 0.693. The Morgan fingerprint density at radius 2 is 1.62 bits per heavy atom. The Kier molecular flexibility index (Phi) is 5.66. The Morgan fingerprint density at radius 3 is 2.10 bits per heavy atom. The van der Waals surface area contributed by atoms with Crippen molar-refractivity contribution in [3.05, 3.63) is 42.0 Å². The first-order valence-corrected chi connectivity index (χ1v) is 6.15. The van der Waals surface area contributed by atoms with Gasteiger partial charge in [0.05, 0.1) is 0 Å². The number of esters is 1. The van der Waals surface area contributed by atoms with Crippen molar-refractivity contribution in [2.45, 2.75) is 27.1 Å². The second-order valence-electron chi connectivity index (χ2n) is 4.30. The third kappa shape index (κ3) is 5.48. The molecule has 1 rings (SSSR count). The summed E-state index contributed by atoms with van der Waals surface area (Å²) in [7, 11) is 0. The summed E-state index contributed by atoms with van der Waals surface area (Å²) >= 11 is 0. The van der Waals surface area contributed by atoms with Crippen LogP contribution in [0.25, 0.3) is 0 Å².